The molecular formula is C15H23N3O3. The van der Waals surface area contributed by atoms with Crippen LogP contribution < -0.4 is 10.9 Å². The molecule has 1 aromatic heterocycles. The maximum Gasteiger partial charge on any atom is 0.274 e. The minimum atomic E-state index is -0.346. The zero-order chi connectivity index (χ0) is 16.3. The van der Waals surface area contributed by atoms with Crippen molar-refractivity contribution in [1.29, 1.82) is 0 Å². The van der Waals surface area contributed by atoms with Gasteiger partial charge in [-0.25, -0.2) is 0 Å². The van der Waals surface area contributed by atoms with E-state index in [9.17, 15) is 14.4 Å². The van der Waals surface area contributed by atoms with E-state index in [0.29, 0.717) is 5.56 Å². The van der Waals surface area contributed by atoms with Crippen molar-refractivity contribution in [2.45, 2.75) is 46.7 Å². The second-order valence-corrected chi connectivity index (χ2v) is 5.64. The van der Waals surface area contributed by atoms with Gasteiger partial charge in [-0.3, -0.25) is 14.4 Å². The molecule has 0 spiro atoms. The highest BCUT2D eigenvalue weighted by atomic mass is 16.2. The van der Waals surface area contributed by atoms with Gasteiger partial charge in [0.2, 0.25) is 5.91 Å². The lowest BCUT2D eigenvalue weighted by Crippen LogP contribution is -2.42. The molecule has 1 rings (SSSR count). The van der Waals surface area contributed by atoms with Crippen LogP contribution in [-0.4, -0.2) is 33.4 Å². The van der Waals surface area contributed by atoms with Crippen LogP contribution in [0.4, 0.5) is 5.69 Å². The number of aromatic nitrogens is 1. The van der Waals surface area contributed by atoms with Gasteiger partial charge in [-0.2, -0.15) is 0 Å². The quantitative estimate of drug-likeness (QED) is 0.916. The van der Waals surface area contributed by atoms with Gasteiger partial charge in [-0.05, 0) is 33.8 Å². The van der Waals surface area contributed by atoms with E-state index in [1.807, 2.05) is 27.7 Å². The fourth-order valence-corrected chi connectivity index (χ4v) is 2.32. The molecule has 0 bridgehead atoms. The van der Waals surface area contributed by atoms with E-state index in [1.165, 1.54) is 23.8 Å². The first kappa shape index (κ1) is 16.9. The van der Waals surface area contributed by atoms with E-state index in [1.54, 1.807) is 11.9 Å². The molecule has 6 heteroatoms. The Morgan fingerprint density at radius 2 is 1.71 bits per heavy atom. The fourth-order valence-electron chi connectivity index (χ4n) is 2.32. The maximum absolute atomic E-state index is 12.6. The molecule has 6 nitrogen and oxygen atoms in total. The molecule has 0 fully saturated rings. The molecule has 0 radical (unpaired) electrons. The number of rotatable bonds is 4. The number of aryl methyl sites for hydroxylation is 1. The molecule has 0 aliphatic heterocycles. The lowest BCUT2D eigenvalue weighted by atomic mass is 10.1. The van der Waals surface area contributed by atoms with Crippen molar-refractivity contribution in [3.8, 4) is 0 Å². The first-order valence-electron chi connectivity index (χ1n) is 6.96. The molecular weight excluding hydrogens is 270 g/mol. The molecule has 0 aromatic carbocycles. The summed E-state index contributed by atoms with van der Waals surface area (Å²) >= 11 is 0. The van der Waals surface area contributed by atoms with Gasteiger partial charge in [0.15, 0.2) is 0 Å². The number of hydrogen-bond donors (Lipinski definition) is 1. The average Bonchev–Trinajstić information content (AvgIpc) is 2.32. The van der Waals surface area contributed by atoms with Gasteiger partial charge >= 0.3 is 0 Å². The van der Waals surface area contributed by atoms with Crippen LogP contribution in [0.5, 0.6) is 0 Å². The van der Waals surface area contributed by atoms with Gasteiger partial charge in [0.05, 0.1) is 5.56 Å². The van der Waals surface area contributed by atoms with Crippen LogP contribution in [0, 0.1) is 0 Å². The molecule has 0 atom stereocenters. The number of hydrogen-bond acceptors (Lipinski definition) is 3. The Morgan fingerprint density at radius 3 is 2.14 bits per heavy atom. The predicted molar refractivity (Wildman–Crippen MR) is 82.4 cm³/mol. The Labute approximate surface area is 124 Å². The average molecular weight is 293 g/mol. The molecule has 2 amide bonds. The number of carbonyl (C=O) groups is 2. The van der Waals surface area contributed by atoms with Gasteiger partial charge in [0.25, 0.3) is 11.5 Å². The minimum Gasteiger partial charge on any atom is -0.334 e. The Hall–Kier alpha value is -2.11. The van der Waals surface area contributed by atoms with Crippen molar-refractivity contribution in [1.82, 2.24) is 9.47 Å². The van der Waals surface area contributed by atoms with E-state index >= 15 is 0 Å². The second kappa shape index (κ2) is 6.56. The predicted octanol–water partition coefficient (Wildman–Crippen LogP) is 1.60. The smallest absolute Gasteiger partial charge is 0.274 e. The van der Waals surface area contributed by atoms with Crippen LogP contribution in [0.1, 0.15) is 45.0 Å². The first-order chi connectivity index (χ1) is 9.65. The summed E-state index contributed by atoms with van der Waals surface area (Å²) in [6.45, 7) is 9.08. The van der Waals surface area contributed by atoms with Crippen molar-refractivity contribution in [3.05, 3.63) is 28.2 Å². The van der Waals surface area contributed by atoms with Crippen molar-refractivity contribution < 1.29 is 9.59 Å². The third-order valence-electron chi connectivity index (χ3n) is 3.09. The summed E-state index contributed by atoms with van der Waals surface area (Å²) in [5.74, 6) is -0.511. The molecule has 0 saturated carbocycles. The third kappa shape index (κ3) is 3.93. The van der Waals surface area contributed by atoms with Crippen LogP contribution in [0.15, 0.2) is 17.1 Å². The normalized spacial score (nSPS) is 10.9. The number of carbonyl (C=O) groups excluding carboxylic acids is 2. The Morgan fingerprint density at radius 1 is 1.19 bits per heavy atom. The van der Waals surface area contributed by atoms with Gasteiger partial charge < -0.3 is 14.8 Å². The van der Waals surface area contributed by atoms with Gasteiger partial charge in [0, 0.05) is 32.3 Å². The fraction of sp³-hybridized carbons (Fsp3) is 0.533. The van der Waals surface area contributed by atoms with Gasteiger partial charge in [-0.15, -0.1) is 0 Å². The molecule has 0 aliphatic carbocycles. The Balaban J connectivity index is 3.30. The lowest BCUT2D eigenvalue weighted by molar-refractivity contribution is -0.114. The molecule has 116 valence electrons. The van der Waals surface area contributed by atoms with Crippen LogP contribution in [0.2, 0.25) is 0 Å². The largest absolute Gasteiger partial charge is 0.334 e. The van der Waals surface area contributed by atoms with Gasteiger partial charge in [-0.1, -0.05) is 0 Å². The van der Waals surface area contributed by atoms with E-state index in [2.05, 4.69) is 5.32 Å². The van der Waals surface area contributed by atoms with Crippen LogP contribution in [-0.2, 0) is 11.8 Å². The first-order valence-corrected chi connectivity index (χ1v) is 6.96. The number of pyridine rings is 1. The van der Waals surface area contributed by atoms with Crippen molar-refractivity contribution in [3.63, 3.8) is 0 Å². The van der Waals surface area contributed by atoms with Crippen LogP contribution >= 0.6 is 0 Å². The monoisotopic (exact) mass is 293 g/mol. The Kier molecular flexibility index (Phi) is 5.29. The van der Waals surface area contributed by atoms with E-state index in [-0.39, 0.29) is 35.1 Å². The van der Waals surface area contributed by atoms with Gasteiger partial charge in [0.1, 0.15) is 5.69 Å². The summed E-state index contributed by atoms with van der Waals surface area (Å²) in [6, 6.07) is 1.52. The van der Waals surface area contributed by atoms with E-state index in [0.717, 1.165) is 0 Å². The number of amides is 2. The van der Waals surface area contributed by atoms with Crippen LogP contribution in [0.25, 0.3) is 0 Å². The number of anilines is 1. The summed E-state index contributed by atoms with van der Waals surface area (Å²) in [4.78, 5) is 37.5. The number of nitrogens with one attached hydrogen (secondary N) is 1. The second-order valence-electron chi connectivity index (χ2n) is 5.64. The maximum atomic E-state index is 12.6. The summed E-state index contributed by atoms with van der Waals surface area (Å²) in [6.07, 6.45) is 1.49. The van der Waals surface area contributed by atoms with E-state index < -0.39 is 0 Å². The zero-order valence-electron chi connectivity index (χ0n) is 13.4. The SMILES string of the molecule is CC(=O)Nc1cc(C(=O)N(C(C)C)C(C)C)cn(C)c1=O. The van der Waals surface area contributed by atoms with Crippen molar-refractivity contribution in [2.75, 3.05) is 5.32 Å². The molecule has 0 aliphatic rings. The minimum absolute atomic E-state index is 0.0407. The molecule has 1 heterocycles. The third-order valence-corrected chi connectivity index (χ3v) is 3.09. The molecule has 1 N–H and O–H groups in total. The topological polar surface area (TPSA) is 71.4 Å². The summed E-state index contributed by atoms with van der Waals surface area (Å²) in [5, 5.41) is 2.46. The molecule has 0 unspecified atom stereocenters. The molecule has 1 aromatic rings. The Bertz CT molecular complexity index is 595. The molecule has 0 saturated heterocycles. The lowest BCUT2D eigenvalue weighted by Gasteiger charge is -2.31. The highest BCUT2D eigenvalue weighted by Crippen LogP contribution is 2.14. The van der Waals surface area contributed by atoms with Crippen molar-refractivity contribution in [2.24, 2.45) is 7.05 Å². The summed E-state index contributed by atoms with van der Waals surface area (Å²) < 4.78 is 1.30. The highest BCUT2D eigenvalue weighted by molar-refractivity contribution is 5.96. The summed E-state index contributed by atoms with van der Waals surface area (Å²) in [5.41, 5.74) is 0.147. The van der Waals surface area contributed by atoms with Crippen molar-refractivity contribution >= 4 is 17.5 Å². The summed E-state index contributed by atoms with van der Waals surface area (Å²) in [7, 11) is 1.56. The van der Waals surface area contributed by atoms with E-state index in [4.69, 9.17) is 0 Å². The number of nitrogens with zero attached hydrogens (tertiary/aromatic N) is 2. The zero-order valence-corrected chi connectivity index (χ0v) is 13.4. The molecule has 21 heavy (non-hydrogen) atoms. The van der Waals surface area contributed by atoms with Crippen LogP contribution in [0.3, 0.4) is 0 Å². The highest BCUT2D eigenvalue weighted by Gasteiger charge is 2.23. The standard InChI is InChI=1S/C15H23N3O3/c1-9(2)18(10(3)4)14(20)12-7-13(16-11(5)19)15(21)17(6)8-12/h7-10H,1-6H3,(H,16,19).